The summed E-state index contributed by atoms with van der Waals surface area (Å²) in [7, 11) is -2.57. The Kier molecular flexibility index (Phi) is 9.85. The number of aryl methyl sites for hydroxylation is 1. The van der Waals surface area contributed by atoms with Gasteiger partial charge in [-0.05, 0) is 48.2 Å². The van der Waals surface area contributed by atoms with Gasteiger partial charge in [-0.15, -0.1) is 0 Å². The van der Waals surface area contributed by atoms with Gasteiger partial charge in [-0.1, -0.05) is 18.2 Å². The van der Waals surface area contributed by atoms with Gasteiger partial charge in [0.25, 0.3) is 0 Å². The third kappa shape index (κ3) is 8.28. The summed E-state index contributed by atoms with van der Waals surface area (Å²) in [5.74, 6) is -1.59. The van der Waals surface area contributed by atoms with E-state index >= 15 is 0 Å². The first-order valence-corrected chi connectivity index (χ1v) is 13.9. The number of nitrogens with one attached hydrogen (secondary N) is 2. The number of aromatic nitrogens is 1. The smallest absolute Gasteiger partial charge is 0.416 e. The number of ether oxygens (including phenoxy) is 1. The zero-order valence-electron chi connectivity index (χ0n) is 22.1. The fraction of sp³-hybridized carbons (Fsp3) is 0.423. The highest BCUT2D eigenvalue weighted by atomic mass is 32.2. The number of alkyl halides is 6. The number of carbonyl (C=O) groups excluding carboxylic acids is 1. The predicted molar refractivity (Wildman–Crippen MR) is 140 cm³/mol. The molecule has 1 amide bonds. The van der Waals surface area contributed by atoms with Crippen LogP contribution in [0.5, 0.6) is 5.75 Å². The predicted octanol–water partition coefficient (Wildman–Crippen LogP) is 4.46. The van der Waals surface area contributed by atoms with E-state index in [9.17, 15) is 39.6 Å². The average molecular weight is 607 g/mol. The highest BCUT2D eigenvalue weighted by molar-refractivity contribution is 7.90. The molecule has 1 aromatic carbocycles. The Balaban J connectivity index is 1.99. The van der Waals surface area contributed by atoms with Crippen LogP contribution in [-0.4, -0.2) is 63.8 Å². The van der Waals surface area contributed by atoms with Crippen LogP contribution >= 0.6 is 0 Å². The van der Waals surface area contributed by atoms with Crippen LogP contribution in [0, 0.1) is 6.92 Å². The second kappa shape index (κ2) is 12.6. The van der Waals surface area contributed by atoms with Gasteiger partial charge in [0.1, 0.15) is 5.75 Å². The molecule has 15 heteroatoms. The molecule has 0 saturated carbocycles. The molecule has 0 spiro atoms. The van der Waals surface area contributed by atoms with E-state index in [-0.39, 0.29) is 41.2 Å². The fourth-order valence-electron chi connectivity index (χ4n) is 4.12. The molecule has 2 N–H and O–H groups in total. The maximum atomic E-state index is 14.8. The summed E-state index contributed by atoms with van der Waals surface area (Å²) in [6.07, 6.45) is -9.04. The van der Waals surface area contributed by atoms with Crippen molar-refractivity contribution < 1.29 is 44.3 Å². The Morgan fingerprint density at radius 3 is 2.37 bits per heavy atom. The maximum absolute atomic E-state index is 14.8. The first kappa shape index (κ1) is 32.1. The van der Waals surface area contributed by atoms with Crippen molar-refractivity contribution in [1.29, 1.82) is 0 Å². The molecule has 2 heterocycles. The summed E-state index contributed by atoms with van der Waals surface area (Å²) >= 11 is 0. The number of halogens is 6. The van der Waals surface area contributed by atoms with Crippen LogP contribution in [0.1, 0.15) is 36.1 Å². The molecule has 0 bridgehead atoms. The molecule has 0 saturated heterocycles. The van der Waals surface area contributed by atoms with E-state index in [1.54, 1.807) is 13.0 Å². The van der Waals surface area contributed by atoms with Crippen molar-refractivity contribution in [3.63, 3.8) is 0 Å². The number of hydrogen-bond donors (Lipinski definition) is 2. The van der Waals surface area contributed by atoms with Gasteiger partial charge >= 0.3 is 12.4 Å². The van der Waals surface area contributed by atoms with Gasteiger partial charge in [0.05, 0.1) is 18.1 Å². The lowest BCUT2D eigenvalue weighted by molar-refractivity contribution is -0.201. The number of carbonyl (C=O) groups is 1. The fourth-order valence-corrected chi connectivity index (χ4v) is 4.95. The Morgan fingerprint density at radius 2 is 1.80 bits per heavy atom. The highest BCUT2D eigenvalue weighted by Gasteiger charge is 2.59. The summed E-state index contributed by atoms with van der Waals surface area (Å²) in [6.45, 7) is 0.834. The van der Waals surface area contributed by atoms with E-state index < -0.39 is 59.0 Å². The molecule has 1 aliphatic heterocycles. The first-order valence-electron chi connectivity index (χ1n) is 12.3. The minimum atomic E-state index is -5.02. The number of aliphatic imine (C=N–C) groups is 1. The van der Waals surface area contributed by atoms with Crippen LogP contribution in [0.4, 0.5) is 26.3 Å². The van der Waals surface area contributed by atoms with Crippen molar-refractivity contribution >= 4 is 27.7 Å². The number of rotatable bonds is 11. The van der Waals surface area contributed by atoms with E-state index in [0.29, 0.717) is 5.56 Å². The molecule has 1 aromatic heterocycles. The lowest BCUT2D eigenvalue weighted by atomic mass is 9.77. The van der Waals surface area contributed by atoms with Crippen LogP contribution in [-0.2, 0) is 20.4 Å². The SMILES string of the molecule is CN=CCS(=O)(=O)NCC1=C(c2ccc(C)cn2)C[C@](c2ccc(OCCCC(F)(F)F)cc2)(C(F)(F)F)NC1=O. The number of pyridine rings is 1. The Morgan fingerprint density at radius 1 is 1.12 bits per heavy atom. The Bertz CT molecular complexity index is 1390. The average Bonchev–Trinajstić information content (AvgIpc) is 2.88. The van der Waals surface area contributed by atoms with Crippen molar-refractivity contribution in [1.82, 2.24) is 15.0 Å². The van der Waals surface area contributed by atoms with Crippen LogP contribution < -0.4 is 14.8 Å². The molecular formula is C26H28F6N4O4S. The van der Waals surface area contributed by atoms with Gasteiger partial charge in [-0.25, -0.2) is 13.1 Å². The molecule has 0 aliphatic carbocycles. The van der Waals surface area contributed by atoms with E-state index in [1.165, 1.54) is 31.4 Å². The third-order valence-corrected chi connectivity index (χ3v) is 7.45. The molecule has 1 aliphatic rings. The van der Waals surface area contributed by atoms with Gasteiger partial charge in [0.2, 0.25) is 15.9 Å². The Labute approximate surface area is 233 Å². The van der Waals surface area contributed by atoms with Crippen molar-refractivity contribution in [3.05, 3.63) is 65.0 Å². The normalized spacial score (nSPS) is 18.6. The molecule has 0 fully saturated rings. The maximum Gasteiger partial charge on any atom is 0.416 e. The van der Waals surface area contributed by atoms with Crippen molar-refractivity contribution in [2.75, 3.05) is 26.0 Å². The lowest BCUT2D eigenvalue weighted by Crippen LogP contribution is -2.59. The second-order valence-corrected chi connectivity index (χ2v) is 11.2. The number of amides is 1. The quantitative estimate of drug-likeness (QED) is 0.223. The van der Waals surface area contributed by atoms with Crippen molar-refractivity contribution in [2.24, 2.45) is 4.99 Å². The number of sulfonamides is 1. The molecule has 0 radical (unpaired) electrons. The largest absolute Gasteiger partial charge is 0.494 e. The minimum absolute atomic E-state index is 0.0528. The standard InChI is InChI=1S/C26H28F6N4O4S/c1-17-4-9-22(34-15-17)20-14-24(26(30,31)32,36-23(37)21(20)16-35-41(38,39)13-11-33-2)18-5-7-19(8-6-18)40-12-3-10-25(27,28)29/h4-9,11,15,35H,3,10,12-14,16H2,1-2H3,(H,36,37)/t24-/m0/s1. The summed E-state index contributed by atoms with van der Waals surface area (Å²) in [5, 5.41) is 2.04. The van der Waals surface area contributed by atoms with Gasteiger partial charge in [-0.3, -0.25) is 14.8 Å². The van der Waals surface area contributed by atoms with Crippen LogP contribution in [0.25, 0.3) is 5.57 Å². The monoisotopic (exact) mass is 606 g/mol. The number of nitrogens with zero attached hydrogens (tertiary/aromatic N) is 2. The van der Waals surface area contributed by atoms with Crippen LogP contribution in [0.15, 0.2) is 53.2 Å². The molecule has 8 nitrogen and oxygen atoms in total. The van der Waals surface area contributed by atoms with Crippen LogP contribution in [0.3, 0.4) is 0 Å². The van der Waals surface area contributed by atoms with E-state index in [2.05, 4.69) is 14.7 Å². The second-order valence-electron chi connectivity index (χ2n) is 9.35. The van der Waals surface area contributed by atoms with Gasteiger partial charge in [0, 0.05) is 44.4 Å². The summed E-state index contributed by atoms with van der Waals surface area (Å²) in [6, 6.07) is 7.54. The highest BCUT2D eigenvalue weighted by Crippen LogP contribution is 2.48. The van der Waals surface area contributed by atoms with Gasteiger partial charge in [0.15, 0.2) is 5.54 Å². The minimum Gasteiger partial charge on any atom is -0.494 e. The van der Waals surface area contributed by atoms with Gasteiger partial charge < -0.3 is 10.1 Å². The van der Waals surface area contributed by atoms with Crippen molar-refractivity contribution in [3.8, 4) is 5.75 Å². The van der Waals surface area contributed by atoms with Gasteiger partial charge in [-0.2, -0.15) is 26.3 Å². The van der Waals surface area contributed by atoms with E-state index in [0.717, 1.165) is 18.3 Å². The molecule has 41 heavy (non-hydrogen) atoms. The van der Waals surface area contributed by atoms with Crippen molar-refractivity contribution in [2.45, 2.75) is 44.1 Å². The molecule has 1 atom stereocenters. The zero-order valence-corrected chi connectivity index (χ0v) is 22.9. The van der Waals surface area contributed by atoms with Crippen LogP contribution in [0.2, 0.25) is 0 Å². The molecule has 224 valence electrons. The van der Waals surface area contributed by atoms with E-state index in [1.807, 2.05) is 5.32 Å². The zero-order chi connectivity index (χ0) is 30.5. The Hall–Kier alpha value is -3.46. The number of benzene rings is 1. The molecule has 3 rings (SSSR count). The summed E-state index contributed by atoms with van der Waals surface area (Å²) in [4.78, 5) is 21.0. The molecule has 0 unspecified atom stereocenters. The first-order chi connectivity index (χ1) is 19.1. The topological polar surface area (TPSA) is 110 Å². The molecular weight excluding hydrogens is 578 g/mol. The third-order valence-electron chi connectivity index (χ3n) is 6.28. The molecule has 2 aromatic rings. The summed E-state index contributed by atoms with van der Waals surface area (Å²) in [5.41, 5.74) is -2.84. The van der Waals surface area contributed by atoms with E-state index in [4.69, 9.17) is 4.74 Å². The number of hydrogen-bond acceptors (Lipinski definition) is 6. The lowest BCUT2D eigenvalue weighted by Gasteiger charge is -2.41. The summed E-state index contributed by atoms with van der Waals surface area (Å²) < 4.78 is 113.